The van der Waals surface area contributed by atoms with Gasteiger partial charge in [-0.1, -0.05) is 6.07 Å². The van der Waals surface area contributed by atoms with Gasteiger partial charge < -0.3 is 14.6 Å². The van der Waals surface area contributed by atoms with Crippen LogP contribution >= 0.6 is 0 Å². The van der Waals surface area contributed by atoms with E-state index in [4.69, 9.17) is 0 Å². The molecule has 132 valence electrons. The van der Waals surface area contributed by atoms with Crippen LogP contribution in [-0.4, -0.2) is 23.6 Å². The van der Waals surface area contributed by atoms with Crippen molar-refractivity contribution in [2.75, 3.05) is 12.4 Å². The lowest BCUT2D eigenvalue weighted by molar-refractivity contribution is -0.139. The third-order valence-corrected chi connectivity index (χ3v) is 3.21. The summed E-state index contributed by atoms with van der Waals surface area (Å²) in [7, 11) is 1.20. The van der Waals surface area contributed by atoms with E-state index in [1.807, 2.05) is 0 Å². The molecule has 0 aliphatic heterocycles. The number of nitrogens with zero attached hydrogens (tertiary/aromatic N) is 1. The summed E-state index contributed by atoms with van der Waals surface area (Å²) in [6, 6.07) is 7.49. The van der Waals surface area contributed by atoms with E-state index in [1.54, 1.807) is 0 Å². The molecule has 1 aromatic heterocycles. The molecule has 6 nitrogen and oxygen atoms in total. The molecule has 0 atom stereocenters. The summed E-state index contributed by atoms with van der Waals surface area (Å²) in [5, 5.41) is 2.41. The number of nitrogens with one attached hydrogen (secondary N) is 1. The monoisotopic (exact) mass is 354 g/mol. The molecule has 0 radical (unpaired) electrons. The Morgan fingerprint density at radius 3 is 2.56 bits per heavy atom. The summed E-state index contributed by atoms with van der Waals surface area (Å²) < 4.78 is 43.3. The number of amides is 1. The highest BCUT2D eigenvalue weighted by Gasteiger charge is 2.34. The first-order valence-corrected chi connectivity index (χ1v) is 6.97. The molecule has 0 unspecified atom stereocenters. The number of anilines is 1. The largest absolute Gasteiger partial charge is 0.465 e. The zero-order valence-corrected chi connectivity index (χ0v) is 13.0. The van der Waals surface area contributed by atoms with Crippen LogP contribution in [0.25, 0.3) is 0 Å². The van der Waals surface area contributed by atoms with Crippen LogP contribution in [0.2, 0.25) is 0 Å². The topological polar surface area (TPSA) is 77.4 Å². The van der Waals surface area contributed by atoms with Crippen LogP contribution in [0.15, 0.2) is 47.4 Å². The van der Waals surface area contributed by atoms with Gasteiger partial charge in [0.2, 0.25) is 5.91 Å². The lowest BCUT2D eigenvalue weighted by atomic mass is 10.2. The van der Waals surface area contributed by atoms with Crippen molar-refractivity contribution in [1.82, 2.24) is 4.57 Å². The number of hydrogen-bond acceptors (Lipinski definition) is 4. The second-order valence-electron chi connectivity index (χ2n) is 4.97. The average molecular weight is 354 g/mol. The SMILES string of the molecule is COC(=O)c1cccc(NC(=O)Cn2cccc(C(F)(F)F)c2=O)c1. The van der Waals surface area contributed by atoms with Crippen LogP contribution in [0.4, 0.5) is 18.9 Å². The molecule has 1 heterocycles. The van der Waals surface area contributed by atoms with Crippen molar-refractivity contribution < 1.29 is 27.5 Å². The third-order valence-electron chi connectivity index (χ3n) is 3.21. The fraction of sp³-hybridized carbons (Fsp3) is 0.188. The van der Waals surface area contributed by atoms with Gasteiger partial charge in [-0.15, -0.1) is 0 Å². The Bertz CT molecular complexity index is 859. The highest BCUT2D eigenvalue weighted by atomic mass is 19.4. The predicted molar refractivity (Wildman–Crippen MR) is 82.1 cm³/mol. The maximum absolute atomic E-state index is 12.7. The number of aromatic nitrogens is 1. The van der Waals surface area contributed by atoms with Gasteiger partial charge in [-0.3, -0.25) is 9.59 Å². The number of hydrogen-bond donors (Lipinski definition) is 1. The number of rotatable bonds is 4. The zero-order chi connectivity index (χ0) is 18.6. The highest BCUT2D eigenvalue weighted by molar-refractivity contribution is 5.94. The van der Waals surface area contributed by atoms with Gasteiger partial charge in [0, 0.05) is 11.9 Å². The van der Waals surface area contributed by atoms with E-state index in [-0.39, 0.29) is 11.3 Å². The van der Waals surface area contributed by atoms with E-state index in [1.165, 1.54) is 31.4 Å². The van der Waals surface area contributed by atoms with Crippen molar-refractivity contribution in [2.45, 2.75) is 12.7 Å². The van der Waals surface area contributed by atoms with Crippen LogP contribution in [0.3, 0.4) is 0 Å². The number of carbonyl (C=O) groups is 2. The minimum absolute atomic E-state index is 0.191. The first-order chi connectivity index (χ1) is 11.7. The van der Waals surface area contributed by atoms with Gasteiger partial charge in [0.05, 0.1) is 12.7 Å². The molecule has 1 amide bonds. The summed E-state index contributed by atoms with van der Waals surface area (Å²) in [5.41, 5.74) is -2.23. The van der Waals surface area contributed by atoms with Crippen LogP contribution < -0.4 is 10.9 Å². The number of ether oxygens (including phenoxy) is 1. The third kappa shape index (κ3) is 4.46. The molecule has 0 bridgehead atoms. The van der Waals surface area contributed by atoms with E-state index < -0.39 is 35.7 Å². The first-order valence-electron chi connectivity index (χ1n) is 6.97. The average Bonchev–Trinajstić information content (AvgIpc) is 2.55. The molecule has 0 spiro atoms. The lowest BCUT2D eigenvalue weighted by Gasteiger charge is -2.11. The van der Waals surface area contributed by atoms with Crippen molar-refractivity contribution in [3.05, 3.63) is 64.1 Å². The first kappa shape index (κ1) is 18.2. The van der Waals surface area contributed by atoms with Gasteiger partial charge in [-0.05, 0) is 30.3 Å². The molecular weight excluding hydrogens is 341 g/mol. The molecule has 2 rings (SSSR count). The number of carbonyl (C=O) groups excluding carboxylic acids is 2. The summed E-state index contributed by atoms with van der Waals surface area (Å²) in [6.07, 6.45) is -3.71. The maximum atomic E-state index is 12.7. The fourth-order valence-corrected chi connectivity index (χ4v) is 2.07. The van der Waals surface area contributed by atoms with Crippen LogP contribution in [0.1, 0.15) is 15.9 Å². The summed E-state index contributed by atoms with van der Waals surface area (Å²) >= 11 is 0. The van der Waals surface area contributed by atoms with E-state index in [2.05, 4.69) is 10.1 Å². The van der Waals surface area contributed by atoms with Gasteiger partial charge in [-0.25, -0.2) is 4.79 Å². The molecule has 0 fully saturated rings. The standard InChI is InChI=1S/C16H13F3N2O4/c1-25-15(24)10-4-2-5-11(8-10)20-13(22)9-21-7-3-6-12(14(21)23)16(17,18)19/h2-8H,9H2,1H3,(H,20,22). The molecular formula is C16H13F3N2O4. The van der Waals surface area contributed by atoms with Crippen LogP contribution in [0.5, 0.6) is 0 Å². The minimum atomic E-state index is -4.80. The van der Waals surface area contributed by atoms with Gasteiger partial charge in [0.25, 0.3) is 5.56 Å². The number of esters is 1. The van der Waals surface area contributed by atoms with Crippen molar-refractivity contribution in [3.63, 3.8) is 0 Å². The van der Waals surface area contributed by atoms with Gasteiger partial charge in [-0.2, -0.15) is 13.2 Å². The molecule has 1 aromatic carbocycles. The van der Waals surface area contributed by atoms with E-state index >= 15 is 0 Å². The number of halogens is 3. The molecule has 1 N–H and O–H groups in total. The second-order valence-corrected chi connectivity index (χ2v) is 4.97. The highest BCUT2D eigenvalue weighted by Crippen LogP contribution is 2.25. The van der Waals surface area contributed by atoms with Crippen molar-refractivity contribution in [3.8, 4) is 0 Å². The number of benzene rings is 1. The molecule has 0 aliphatic carbocycles. The number of pyridine rings is 1. The summed E-state index contributed by atoms with van der Waals surface area (Å²) in [6.45, 7) is -0.606. The summed E-state index contributed by atoms with van der Waals surface area (Å²) in [4.78, 5) is 35.2. The normalized spacial score (nSPS) is 11.0. The van der Waals surface area contributed by atoms with E-state index in [9.17, 15) is 27.6 Å². The molecule has 0 saturated carbocycles. The van der Waals surface area contributed by atoms with Crippen molar-refractivity contribution in [1.29, 1.82) is 0 Å². The quantitative estimate of drug-likeness (QED) is 0.855. The van der Waals surface area contributed by atoms with Crippen LogP contribution in [0, 0.1) is 0 Å². The second kappa shape index (κ2) is 7.20. The van der Waals surface area contributed by atoms with Gasteiger partial charge in [0.15, 0.2) is 0 Å². The van der Waals surface area contributed by atoms with Gasteiger partial charge >= 0.3 is 12.1 Å². The van der Waals surface area contributed by atoms with E-state index in [0.29, 0.717) is 10.6 Å². The van der Waals surface area contributed by atoms with Crippen LogP contribution in [-0.2, 0) is 22.3 Å². The van der Waals surface area contributed by atoms with E-state index in [0.717, 1.165) is 12.3 Å². The summed E-state index contributed by atoms with van der Waals surface area (Å²) in [5.74, 6) is -1.33. The fourth-order valence-electron chi connectivity index (χ4n) is 2.07. The number of alkyl halides is 3. The Labute approximate surface area is 139 Å². The molecule has 0 aliphatic rings. The Balaban J connectivity index is 2.17. The lowest BCUT2D eigenvalue weighted by Crippen LogP contribution is -2.31. The molecule has 25 heavy (non-hydrogen) atoms. The Morgan fingerprint density at radius 2 is 1.92 bits per heavy atom. The Hall–Kier alpha value is -3.10. The van der Waals surface area contributed by atoms with Crippen molar-refractivity contribution >= 4 is 17.6 Å². The predicted octanol–water partition coefficient (Wildman–Crippen LogP) is 2.29. The van der Waals surface area contributed by atoms with Crippen molar-refractivity contribution in [2.24, 2.45) is 0 Å². The van der Waals surface area contributed by atoms with Gasteiger partial charge in [0.1, 0.15) is 12.1 Å². The Morgan fingerprint density at radius 1 is 1.20 bits per heavy atom. The maximum Gasteiger partial charge on any atom is 0.421 e. The minimum Gasteiger partial charge on any atom is -0.465 e. The molecule has 0 saturated heterocycles. The smallest absolute Gasteiger partial charge is 0.421 e. The Kier molecular flexibility index (Phi) is 5.26. The zero-order valence-electron chi connectivity index (χ0n) is 13.0. The number of methoxy groups -OCH3 is 1. The molecule has 2 aromatic rings. The molecule has 9 heteroatoms.